The van der Waals surface area contributed by atoms with Crippen LogP contribution in [0.4, 0.5) is 0 Å². The molecule has 0 bridgehead atoms. The fourth-order valence-corrected chi connectivity index (χ4v) is 2.36. The zero-order valence-electron chi connectivity index (χ0n) is 9.48. The van der Waals surface area contributed by atoms with Crippen molar-refractivity contribution in [3.8, 4) is 0 Å². The van der Waals surface area contributed by atoms with Gasteiger partial charge in [-0.1, -0.05) is 12.7 Å². The Kier molecular flexibility index (Phi) is 5.12. The van der Waals surface area contributed by atoms with Crippen molar-refractivity contribution in [1.29, 1.82) is 0 Å². The molecule has 1 saturated heterocycles. The Hall–Kier alpha value is -0.545. The zero-order valence-corrected chi connectivity index (χ0v) is 9.48. The van der Waals surface area contributed by atoms with Crippen LogP contribution in [-0.4, -0.2) is 50.0 Å². The molecule has 0 aliphatic carbocycles. The normalized spacial score (nSPS) is 27.0. The van der Waals surface area contributed by atoms with Gasteiger partial charge in [-0.05, 0) is 12.3 Å². The van der Waals surface area contributed by atoms with Crippen LogP contribution in [-0.2, 0) is 4.79 Å². The number of aliphatic carboxylic acids is 1. The zero-order chi connectivity index (χ0) is 11.3. The highest BCUT2D eigenvalue weighted by molar-refractivity contribution is 6.08. The highest BCUT2D eigenvalue weighted by Gasteiger charge is 2.36. The van der Waals surface area contributed by atoms with E-state index in [1.165, 1.54) is 0 Å². The fourth-order valence-electron chi connectivity index (χ4n) is 2.36. The molecule has 1 heterocycles. The second-order valence-electron chi connectivity index (χ2n) is 4.40. The maximum atomic E-state index is 11.1. The molecule has 0 amide bonds. The summed E-state index contributed by atoms with van der Waals surface area (Å²) in [5.41, 5.74) is 5.49. The van der Waals surface area contributed by atoms with Gasteiger partial charge in [0.15, 0.2) is 0 Å². The minimum atomic E-state index is -0.643. The Labute approximate surface area is 92.2 Å². The van der Waals surface area contributed by atoms with E-state index in [1.807, 2.05) is 0 Å². The van der Waals surface area contributed by atoms with Crippen LogP contribution < -0.4 is 5.73 Å². The minimum Gasteiger partial charge on any atom is -0.481 e. The van der Waals surface area contributed by atoms with Gasteiger partial charge in [-0.15, -0.1) is 0 Å². The summed E-state index contributed by atoms with van der Waals surface area (Å²) in [5, 5.41) is 9.11. The van der Waals surface area contributed by atoms with Crippen LogP contribution in [0, 0.1) is 11.8 Å². The molecule has 4 nitrogen and oxygen atoms in total. The summed E-state index contributed by atoms with van der Waals surface area (Å²) >= 11 is 0. The number of carboxylic acids is 1. The summed E-state index contributed by atoms with van der Waals surface area (Å²) in [4.78, 5) is 13.2. The Bertz CT molecular complexity index is 214. The second kappa shape index (κ2) is 6.13. The summed E-state index contributed by atoms with van der Waals surface area (Å²) < 4.78 is 0. The monoisotopic (exact) mass is 212 g/mol. The number of hydrogen-bond acceptors (Lipinski definition) is 3. The molecule has 1 aliphatic rings. The lowest BCUT2D eigenvalue weighted by Gasteiger charge is -2.14. The number of rotatable bonds is 6. The lowest BCUT2D eigenvalue weighted by atomic mass is 9.88. The summed E-state index contributed by atoms with van der Waals surface area (Å²) in [5.74, 6) is -0.493. The van der Waals surface area contributed by atoms with Gasteiger partial charge in [0, 0.05) is 26.2 Å². The average molecular weight is 212 g/mol. The van der Waals surface area contributed by atoms with E-state index >= 15 is 0 Å². The molecule has 0 saturated carbocycles. The highest BCUT2D eigenvalue weighted by atomic mass is 16.4. The molecular weight excluding hydrogens is 191 g/mol. The Balaban J connectivity index is 2.47. The molecule has 0 aromatic carbocycles. The van der Waals surface area contributed by atoms with Crippen molar-refractivity contribution in [1.82, 2.24) is 4.90 Å². The summed E-state index contributed by atoms with van der Waals surface area (Å²) in [6.45, 7) is 3.04. The maximum absolute atomic E-state index is 11.1. The summed E-state index contributed by atoms with van der Waals surface area (Å²) in [7, 11) is 2.14. The van der Waals surface area contributed by atoms with Crippen LogP contribution in [0.1, 0.15) is 12.8 Å². The number of nitrogens with two attached hydrogens (primary N) is 1. The first kappa shape index (κ1) is 12.5. The van der Waals surface area contributed by atoms with Crippen LogP contribution in [0.25, 0.3) is 0 Å². The number of carbonyl (C=O) groups is 1. The van der Waals surface area contributed by atoms with E-state index in [0.717, 1.165) is 32.3 Å². The predicted octanol–water partition coefficient (Wildman–Crippen LogP) is -0.591. The van der Waals surface area contributed by atoms with Gasteiger partial charge in [0.1, 0.15) is 7.85 Å². The molecule has 15 heavy (non-hydrogen) atoms. The van der Waals surface area contributed by atoms with Crippen molar-refractivity contribution < 1.29 is 9.90 Å². The van der Waals surface area contributed by atoms with Gasteiger partial charge < -0.3 is 15.7 Å². The molecule has 86 valence electrons. The van der Waals surface area contributed by atoms with Gasteiger partial charge in [0.25, 0.3) is 0 Å². The highest BCUT2D eigenvalue weighted by Crippen LogP contribution is 2.27. The third-order valence-corrected chi connectivity index (χ3v) is 3.21. The largest absolute Gasteiger partial charge is 0.481 e. The first-order valence-corrected chi connectivity index (χ1v) is 5.84. The number of carboxylic acid groups (broad SMARTS) is 1. The van der Waals surface area contributed by atoms with Gasteiger partial charge in [0.2, 0.25) is 0 Å². The summed E-state index contributed by atoms with van der Waals surface area (Å²) in [6, 6.07) is 0. The molecule has 1 rings (SSSR count). The molecule has 1 aliphatic heterocycles. The molecule has 0 spiro atoms. The Morgan fingerprint density at radius 3 is 2.80 bits per heavy atom. The Morgan fingerprint density at radius 1 is 1.53 bits per heavy atom. The predicted molar refractivity (Wildman–Crippen MR) is 62.7 cm³/mol. The lowest BCUT2D eigenvalue weighted by Crippen LogP contribution is -2.28. The van der Waals surface area contributed by atoms with Crippen LogP contribution in [0.15, 0.2) is 0 Å². The first-order valence-electron chi connectivity index (χ1n) is 5.84. The topological polar surface area (TPSA) is 66.6 Å². The van der Waals surface area contributed by atoms with Gasteiger partial charge in [-0.2, -0.15) is 0 Å². The molecule has 0 aromatic heterocycles. The number of likely N-dealkylation sites (tertiary alicyclic amines) is 1. The first-order chi connectivity index (χ1) is 7.19. The van der Waals surface area contributed by atoms with Crippen molar-refractivity contribution in [3.63, 3.8) is 0 Å². The van der Waals surface area contributed by atoms with E-state index in [0.29, 0.717) is 19.0 Å². The molecule has 5 heteroatoms. The fraction of sp³-hybridized carbons (Fsp3) is 0.900. The second-order valence-corrected chi connectivity index (χ2v) is 4.40. The molecule has 0 radical (unpaired) electrons. The van der Waals surface area contributed by atoms with Gasteiger partial charge in [0.05, 0.1) is 5.92 Å². The average Bonchev–Trinajstić information content (AvgIpc) is 2.59. The maximum Gasteiger partial charge on any atom is 0.308 e. The van der Waals surface area contributed by atoms with Crippen LogP contribution in [0.3, 0.4) is 0 Å². The smallest absolute Gasteiger partial charge is 0.308 e. The molecule has 3 N–H and O–H groups in total. The standard InChI is InChI=1S/C10H21BN2O2/c11-3-1-2-8-6-13(5-4-12)7-9(8)10(14)15/h8-9H,1-7,11-12H2,(H,14,15)/t8-,9+/m0/s1. The van der Waals surface area contributed by atoms with Crippen molar-refractivity contribution in [2.75, 3.05) is 26.2 Å². The van der Waals surface area contributed by atoms with E-state index < -0.39 is 5.97 Å². The van der Waals surface area contributed by atoms with Crippen LogP contribution >= 0.6 is 0 Å². The van der Waals surface area contributed by atoms with Crippen molar-refractivity contribution in [2.24, 2.45) is 17.6 Å². The van der Waals surface area contributed by atoms with Crippen molar-refractivity contribution in [2.45, 2.75) is 19.2 Å². The third kappa shape index (κ3) is 3.50. The minimum absolute atomic E-state index is 0.178. The number of nitrogens with zero attached hydrogens (tertiary/aromatic N) is 1. The molecule has 1 fully saturated rings. The molecule has 0 aromatic rings. The van der Waals surface area contributed by atoms with Gasteiger partial charge in [-0.25, -0.2) is 0 Å². The van der Waals surface area contributed by atoms with Gasteiger partial charge in [-0.3, -0.25) is 4.79 Å². The summed E-state index contributed by atoms with van der Waals surface area (Å²) in [6.07, 6.45) is 3.30. The van der Waals surface area contributed by atoms with Crippen molar-refractivity contribution >= 4 is 13.8 Å². The van der Waals surface area contributed by atoms with E-state index in [2.05, 4.69) is 12.7 Å². The lowest BCUT2D eigenvalue weighted by molar-refractivity contribution is -0.142. The van der Waals surface area contributed by atoms with Crippen molar-refractivity contribution in [3.05, 3.63) is 0 Å². The number of hydrogen-bond donors (Lipinski definition) is 2. The quantitative estimate of drug-likeness (QED) is 0.577. The van der Waals surface area contributed by atoms with Crippen LogP contribution in [0.2, 0.25) is 6.32 Å². The molecule has 0 unspecified atom stereocenters. The van der Waals surface area contributed by atoms with Crippen LogP contribution in [0.5, 0.6) is 0 Å². The van der Waals surface area contributed by atoms with E-state index in [1.54, 1.807) is 0 Å². The van der Waals surface area contributed by atoms with E-state index in [4.69, 9.17) is 10.8 Å². The van der Waals surface area contributed by atoms with E-state index in [9.17, 15) is 4.79 Å². The Morgan fingerprint density at radius 2 is 2.27 bits per heavy atom. The molecular formula is C10H21BN2O2. The van der Waals surface area contributed by atoms with Gasteiger partial charge >= 0.3 is 5.97 Å². The third-order valence-electron chi connectivity index (χ3n) is 3.21. The SMILES string of the molecule is BCCC[C@H]1CN(CCN)C[C@H]1C(=O)O. The van der Waals surface area contributed by atoms with E-state index in [-0.39, 0.29) is 5.92 Å². The molecule has 2 atom stereocenters.